The lowest BCUT2D eigenvalue weighted by Gasteiger charge is -2.22. The fourth-order valence-electron chi connectivity index (χ4n) is 2.75. The van der Waals surface area contributed by atoms with Crippen LogP contribution in [-0.4, -0.2) is 45.6 Å². The summed E-state index contributed by atoms with van der Waals surface area (Å²) in [6.07, 6.45) is 2.04. The van der Waals surface area contributed by atoms with Crippen molar-refractivity contribution < 1.29 is 4.79 Å². The number of nitriles is 1. The average Bonchev–Trinajstić information content (AvgIpc) is 3.22. The minimum Gasteiger partial charge on any atom is -0.315 e. The molecule has 0 spiro atoms. The van der Waals surface area contributed by atoms with E-state index in [1.54, 1.807) is 16.7 Å². The SMILES string of the molecule is Cl.N#C[C@@H]1CSCN1C(=O)[C@@H]1CSC(CCc2ccccc2)N1. The lowest BCUT2D eigenvalue weighted by Crippen LogP contribution is -2.48. The number of nitrogens with one attached hydrogen (secondary N) is 1. The predicted molar refractivity (Wildman–Crippen MR) is 98.8 cm³/mol. The van der Waals surface area contributed by atoms with Gasteiger partial charge in [-0.2, -0.15) is 5.26 Å². The first-order valence-corrected chi connectivity index (χ1v) is 9.67. The molecule has 23 heavy (non-hydrogen) atoms. The molecule has 1 amide bonds. The van der Waals surface area contributed by atoms with Gasteiger partial charge in [0, 0.05) is 11.5 Å². The summed E-state index contributed by atoms with van der Waals surface area (Å²) in [5.41, 5.74) is 1.33. The molecule has 0 aliphatic carbocycles. The number of halogens is 1. The highest BCUT2D eigenvalue weighted by Crippen LogP contribution is 2.27. The van der Waals surface area contributed by atoms with Crippen LogP contribution in [0.1, 0.15) is 12.0 Å². The van der Waals surface area contributed by atoms with E-state index in [4.69, 9.17) is 5.26 Å². The normalized spacial score (nSPS) is 26.6. The summed E-state index contributed by atoms with van der Waals surface area (Å²) >= 11 is 3.48. The van der Waals surface area contributed by atoms with Crippen molar-refractivity contribution in [2.24, 2.45) is 0 Å². The maximum Gasteiger partial charge on any atom is 0.242 e. The number of carbonyl (C=O) groups is 1. The quantitative estimate of drug-likeness (QED) is 0.883. The van der Waals surface area contributed by atoms with E-state index in [1.165, 1.54) is 5.56 Å². The molecule has 0 saturated carbocycles. The Labute approximate surface area is 151 Å². The van der Waals surface area contributed by atoms with E-state index < -0.39 is 0 Å². The summed E-state index contributed by atoms with van der Waals surface area (Å²) in [5, 5.41) is 12.9. The summed E-state index contributed by atoms with van der Waals surface area (Å²) in [6.45, 7) is 0. The highest BCUT2D eigenvalue weighted by Gasteiger charge is 2.37. The molecule has 4 nitrogen and oxygen atoms in total. The Morgan fingerprint density at radius 3 is 2.87 bits per heavy atom. The van der Waals surface area contributed by atoms with E-state index in [1.807, 2.05) is 17.8 Å². The van der Waals surface area contributed by atoms with E-state index in [0.29, 0.717) is 11.3 Å². The Hall–Kier alpha value is -0.870. The van der Waals surface area contributed by atoms with Crippen LogP contribution in [0, 0.1) is 11.3 Å². The predicted octanol–water partition coefficient (Wildman–Crippen LogP) is 2.50. The Morgan fingerprint density at radius 2 is 2.13 bits per heavy atom. The molecule has 1 aromatic carbocycles. The summed E-state index contributed by atoms with van der Waals surface area (Å²) in [6, 6.07) is 12.3. The van der Waals surface area contributed by atoms with Gasteiger partial charge >= 0.3 is 0 Å². The largest absolute Gasteiger partial charge is 0.315 e. The molecule has 2 fully saturated rings. The molecule has 0 bridgehead atoms. The molecule has 0 radical (unpaired) electrons. The van der Waals surface area contributed by atoms with Crippen molar-refractivity contribution in [3.63, 3.8) is 0 Å². The molecule has 1 unspecified atom stereocenters. The van der Waals surface area contributed by atoms with Crippen molar-refractivity contribution in [2.75, 3.05) is 17.4 Å². The summed E-state index contributed by atoms with van der Waals surface area (Å²) in [7, 11) is 0. The summed E-state index contributed by atoms with van der Waals surface area (Å²) < 4.78 is 0. The highest BCUT2D eigenvalue weighted by molar-refractivity contribution is 8.00. The number of benzene rings is 1. The molecule has 3 atom stereocenters. The first-order chi connectivity index (χ1) is 10.8. The van der Waals surface area contributed by atoms with E-state index in [9.17, 15) is 4.79 Å². The molecule has 124 valence electrons. The number of nitrogens with zero attached hydrogens (tertiary/aromatic N) is 2. The number of rotatable bonds is 4. The van der Waals surface area contributed by atoms with Crippen LogP contribution in [0.15, 0.2) is 30.3 Å². The standard InChI is InChI=1S/C16H19N3OS2.ClH/c17-8-13-9-21-11-19(13)16(20)14-10-22-15(18-14)7-6-12-4-2-1-3-5-12;/h1-5,13-15,18H,6-7,9-11H2;1H/t13-,14+,15?;/m1./s1. The average molecular weight is 370 g/mol. The van der Waals surface area contributed by atoms with Gasteiger partial charge in [-0.1, -0.05) is 30.3 Å². The lowest BCUT2D eigenvalue weighted by molar-refractivity contribution is -0.132. The van der Waals surface area contributed by atoms with Gasteiger partial charge in [-0.05, 0) is 18.4 Å². The third-order valence-corrected chi connectivity index (χ3v) is 6.31. The van der Waals surface area contributed by atoms with Crippen LogP contribution in [0.5, 0.6) is 0 Å². The van der Waals surface area contributed by atoms with E-state index in [0.717, 1.165) is 24.3 Å². The zero-order valence-electron chi connectivity index (χ0n) is 12.7. The van der Waals surface area contributed by atoms with Gasteiger partial charge in [0.15, 0.2) is 0 Å². The molecule has 1 N–H and O–H groups in total. The second-order valence-electron chi connectivity index (χ2n) is 5.52. The lowest BCUT2D eigenvalue weighted by atomic mass is 10.1. The third-order valence-electron chi connectivity index (χ3n) is 4.00. The van der Waals surface area contributed by atoms with Crippen molar-refractivity contribution in [1.82, 2.24) is 10.2 Å². The number of hydrogen-bond acceptors (Lipinski definition) is 5. The first kappa shape index (κ1) is 18.5. The summed E-state index contributed by atoms with van der Waals surface area (Å²) in [5.74, 6) is 2.28. The number of hydrogen-bond donors (Lipinski definition) is 1. The first-order valence-electron chi connectivity index (χ1n) is 7.47. The molecule has 3 rings (SSSR count). The molecular weight excluding hydrogens is 350 g/mol. The van der Waals surface area contributed by atoms with Crippen molar-refractivity contribution >= 4 is 41.8 Å². The number of amides is 1. The zero-order chi connectivity index (χ0) is 15.4. The van der Waals surface area contributed by atoms with Gasteiger partial charge in [-0.25, -0.2) is 0 Å². The molecular formula is C16H20ClN3OS2. The van der Waals surface area contributed by atoms with Crippen molar-refractivity contribution in [2.45, 2.75) is 30.3 Å². The highest BCUT2D eigenvalue weighted by atomic mass is 35.5. The molecule has 2 saturated heterocycles. The van der Waals surface area contributed by atoms with E-state index >= 15 is 0 Å². The Kier molecular flexibility index (Phi) is 7.09. The van der Waals surface area contributed by atoms with Crippen LogP contribution in [0.2, 0.25) is 0 Å². The molecule has 2 heterocycles. The maximum atomic E-state index is 12.5. The van der Waals surface area contributed by atoms with Gasteiger partial charge in [0.2, 0.25) is 5.91 Å². The van der Waals surface area contributed by atoms with Crippen molar-refractivity contribution in [3.8, 4) is 6.07 Å². The number of aryl methyl sites for hydroxylation is 1. The Bertz CT molecular complexity index is 566. The van der Waals surface area contributed by atoms with Gasteiger partial charge in [0.25, 0.3) is 0 Å². The summed E-state index contributed by atoms with van der Waals surface area (Å²) in [4.78, 5) is 14.2. The second-order valence-corrected chi connectivity index (χ2v) is 7.75. The van der Waals surface area contributed by atoms with Gasteiger partial charge in [-0.15, -0.1) is 35.9 Å². The van der Waals surface area contributed by atoms with Crippen LogP contribution >= 0.6 is 35.9 Å². The minimum atomic E-state index is -0.257. The fraction of sp³-hybridized carbons (Fsp3) is 0.500. The smallest absolute Gasteiger partial charge is 0.242 e. The van der Waals surface area contributed by atoms with Crippen LogP contribution in [0.4, 0.5) is 0 Å². The monoisotopic (exact) mass is 369 g/mol. The van der Waals surface area contributed by atoms with Crippen molar-refractivity contribution in [1.29, 1.82) is 5.26 Å². The van der Waals surface area contributed by atoms with Crippen LogP contribution < -0.4 is 5.32 Å². The van der Waals surface area contributed by atoms with Crippen LogP contribution in [0.3, 0.4) is 0 Å². The third kappa shape index (κ3) is 4.57. The molecule has 7 heteroatoms. The van der Waals surface area contributed by atoms with Gasteiger partial charge < -0.3 is 4.90 Å². The Morgan fingerprint density at radius 1 is 1.35 bits per heavy atom. The number of carbonyl (C=O) groups excluding carboxylic acids is 1. The number of thioether (sulfide) groups is 2. The molecule has 2 aliphatic heterocycles. The van der Waals surface area contributed by atoms with Gasteiger partial charge in [0.1, 0.15) is 6.04 Å². The van der Waals surface area contributed by atoms with Crippen molar-refractivity contribution in [3.05, 3.63) is 35.9 Å². The maximum absolute atomic E-state index is 12.5. The second kappa shape index (κ2) is 8.84. The minimum absolute atomic E-state index is 0. The Balaban J connectivity index is 0.00000192. The van der Waals surface area contributed by atoms with Crippen LogP contribution in [-0.2, 0) is 11.2 Å². The van der Waals surface area contributed by atoms with Gasteiger partial charge in [-0.3, -0.25) is 10.1 Å². The molecule has 0 aromatic heterocycles. The van der Waals surface area contributed by atoms with E-state index in [-0.39, 0.29) is 30.4 Å². The van der Waals surface area contributed by atoms with Gasteiger partial charge in [0.05, 0.1) is 23.4 Å². The van der Waals surface area contributed by atoms with E-state index in [2.05, 4.69) is 35.7 Å². The van der Waals surface area contributed by atoms with Crippen LogP contribution in [0.25, 0.3) is 0 Å². The molecule has 1 aromatic rings. The molecule has 2 aliphatic rings. The zero-order valence-corrected chi connectivity index (χ0v) is 15.1. The fourth-order valence-corrected chi connectivity index (χ4v) is 5.05. The topological polar surface area (TPSA) is 56.1 Å².